The Morgan fingerprint density at radius 2 is 2.10 bits per heavy atom. The molecule has 0 heterocycles. The highest BCUT2D eigenvalue weighted by atomic mass is 16.6. The van der Waals surface area contributed by atoms with Crippen LogP contribution in [0.3, 0.4) is 0 Å². The van der Waals surface area contributed by atoms with Crippen LogP contribution in [-0.4, -0.2) is 30.0 Å². The van der Waals surface area contributed by atoms with E-state index in [0.29, 0.717) is 0 Å². The van der Waals surface area contributed by atoms with E-state index >= 15 is 0 Å². The largest absolute Gasteiger partial charge is 0.495 e. The van der Waals surface area contributed by atoms with E-state index in [-0.39, 0.29) is 23.5 Å². The molecule has 1 N–H and O–H groups in total. The SMILES string of the molecule is CCC(=O)O[C@H](C)C(=O)Nc1cc([N+](=O)[O-])ccc1OC. The minimum Gasteiger partial charge on any atom is -0.495 e. The fraction of sp³-hybridized carbons (Fsp3) is 0.385. The molecule has 21 heavy (non-hydrogen) atoms. The summed E-state index contributed by atoms with van der Waals surface area (Å²) >= 11 is 0. The van der Waals surface area contributed by atoms with Crippen LogP contribution in [0.5, 0.6) is 5.75 Å². The van der Waals surface area contributed by atoms with Crippen LogP contribution in [-0.2, 0) is 14.3 Å². The van der Waals surface area contributed by atoms with Gasteiger partial charge in [0.05, 0.1) is 17.7 Å². The Balaban J connectivity index is 2.90. The normalized spacial score (nSPS) is 11.4. The molecular weight excluding hydrogens is 280 g/mol. The predicted octanol–water partition coefficient (Wildman–Crippen LogP) is 1.88. The number of esters is 1. The van der Waals surface area contributed by atoms with E-state index < -0.39 is 22.9 Å². The van der Waals surface area contributed by atoms with Crippen molar-refractivity contribution in [3.63, 3.8) is 0 Å². The van der Waals surface area contributed by atoms with Gasteiger partial charge < -0.3 is 14.8 Å². The maximum absolute atomic E-state index is 11.9. The van der Waals surface area contributed by atoms with Crippen LogP contribution < -0.4 is 10.1 Å². The second kappa shape index (κ2) is 7.22. The highest BCUT2D eigenvalue weighted by Gasteiger charge is 2.20. The lowest BCUT2D eigenvalue weighted by Crippen LogP contribution is -2.29. The fourth-order valence-electron chi connectivity index (χ4n) is 1.48. The van der Waals surface area contributed by atoms with Gasteiger partial charge in [0.1, 0.15) is 5.75 Å². The Hall–Kier alpha value is -2.64. The maximum Gasteiger partial charge on any atom is 0.306 e. The molecule has 1 aromatic carbocycles. The number of anilines is 1. The van der Waals surface area contributed by atoms with E-state index in [0.717, 1.165) is 0 Å². The Kier molecular flexibility index (Phi) is 5.65. The number of methoxy groups -OCH3 is 1. The summed E-state index contributed by atoms with van der Waals surface area (Å²) in [4.78, 5) is 33.2. The number of hydrogen-bond donors (Lipinski definition) is 1. The molecule has 114 valence electrons. The van der Waals surface area contributed by atoms with E-state index in [4.69, 9.17) is 9.47 Å². The van der Waals surface area contributed by atoms with Crippen LogP contribution in [0.25, 0.3) is 0 Å². The van der Waals surface area contributed by atoms with Crippen molar-refractivity contribution in [1.29, 1.82) is 0 Å². The van der Waals surface area contributed by atoms with Gasteiger partial charge in [-0.25, -0.2) is 0 Å². The zero-order valence-corrected chi connectivity index (χ0v) is 11.9. The van der Waals surface area contributed by atoms with Crippen molar-refractivity contribution in [2.45, 2.75) is 26.4 Å². The number of hydrogen-bond acceptors (Lipinski definition) is 6. The summed E-state index contributed by atoms with van der Waals surface area (Å²) in [5, 5.41) is 13.2. The summed E-state index contributed by atoms with van der Waals surface area (Å²) < 4.78 is 9.88. The summed E-state index contributed by atoms with van der Waals surface area (Å²) in [5.74, 6) is -0.845. The van der Waals surface area contributed by atoms with Gasteiger partial charge in [-0.15, -0.1) is 0 Å². The Bertz CT molecular complexity index is 558. The van der Waals surface area contributed by atoms with Gasteiger partial charge in [0.25, 0.3) is 11.6 Å². The third kappa shape index (κ3) is 4.44. The summed E-state index contributed by atoms with van der Waals surface area (Å²) in [6.07, 6.45) is -0.862. The summed E-state index contributed by atoms with van der Waals surface area (Å²) in [7, 11) is 1.37. The molecule has 0 aliphatic carbocycles. The molecule has 8 nitrogen and oxygen atoms in total. The first-order chi connectivity index (χ1) is 9.88. The Morgan fingerprint density at radius 1 is 1.43 bits per heavy atom. The summed E-state index contributed by atoms with van der Waals surface area (Å²) in [5.41, 5.74) is -0.0552. The number of rotatable bonds is 6. The number of benzene rings is 1. The summed E-state index contributed by atoms with van der Waals surface area (Å²) in [6.45, 7) is 3.02. The molecule has 1 atom stereocenters. The van der Waals surface area contributed by atoms with E-state index in [2.05, 4.69) is 5.32 Å². The standard InChI is InChI=1S/C13H16N2O6/c1-4-12(16)21-8(2)13(17)14-10-7-9(15(18)19)5-6-11(10)20-3/h5-8H,4H2,1-3H3,(H,14,17)/t8-/m1/s1. The van der Waals surface area contributed by atoms with Gasteiger partial charge in [0.15, 0.2) is 6.10 Å². The molecule has 8 heteroatoms. The van der Waals surface area contributed by atoms with E-state index in [1.807, 2.05) is 0 Å². The number of nitro benzene ring substituents is 1. The van der Waals surface area contributed by atoms with Crippen LogP contribution in [0.1, 0.15) is 20.3 Å². The topological polar surface area (TPSA) is 108 Å². The third-order valence-electron chi connectivity index (χ3n) is 2.62. The summed E-state index contributed by atoms with van der Waals surface area (Å²) in [6, 6.07) is 3.80. The zero-order valence-electron chi connectivity index (χ0n) is 11.9. The molecule has 0 spiro atoms. The quantitative estimate of drug-likeness (QED) is 0.488. The number of carbonyl (C=O) groups excluding carboxylic acids is 2. The van der Waals surface area contributed by atoms with Crippen LogP contribution in [0.15, 0.2) is 18.2 Å². The second-order valence-electron chi connectivity index (χ2n) is 4.12. The molecule has 0 saturated carbocycles. The first-order valence-corrected chi connectivity index (χ1v) is 6.21. The van der Waals surface area contributed by atoms with Gasteiger partial charge in [-0.05, 0) is 13.0 Å². The first kappa shape index (κ1) is 16.4. The van der Waals surface area contributed by atoms with Gasteiger partial charge in [-0.2, -0.15) is 0 Å². The predicted molar refractivity (Wildman–Crippen MR) is 74.1 cm³/mol. The average molecular weight is 296 g/mol. The maximum atomic E-state index is 11.9. The van der Waals surface area contributed by atoms with E-state index in [1.165, 1.54) is 32.2 Å². The lowest BCUT2D eigenvalue weighted by atomic mass is 10.2. The molecule has 0 aromatic heterocycles. The number of amides is 1. The molecule has 0 saturated heterocycles. The van der Waals surface area contributed by atoms with Crippen LogP contribution >= 0.6 is 0 Å². The zero-order chi connectivity index (χ0) is 16.0. The fourth-order valence-corrected chi connectivity index (χ4v) is 1.48. The van der Waals surface area contributed by atoms with Gasteiger partial charge in [-0.1, -0.05) is 6.92 Å². The van der Waals surface area contributed by atoms with Crippen LogP contribution in [0.2, 0.25) is 0 Å². The highest BCUT2D eigenvalue weighted by Crippen LogP contribution is 2.29. The van der Waals surface area contributed by atoms with Crippen molar-refractivity contribution in [2.75, 3.05) is 12.4 Å². The molecule has 0 aliphatic heterocycles. The Morgan fingerprint density at radius 3 is 2.62 bits per heavy atom. The molecular formula is C13H16N2O6. The molecule has 0 bridgehead atoms. The van der Waals surface area contributed by atoms with Gasteiger partial charge in [-0.3, -0.25) is 19.7 Å². The lowest BCUT2D eigenvalue weighted by Gasteiger charge is -2.14. The molecule has 1 aromatic rings. The van der Waals surface area contributed by atoms with Crippen molar-refractivity contribution in [3.05, 3.63) is 28.3 Å². The minimum absolute atomic E-state index is 0.135. The molecule has 0 fully saturated rings. The first-order valence-electron chi connectivity index (χ1n) is 6.21. The van der Waals surface area contributed by atoms with Crippen LogP contribution in [0.4, 0.5) is 11.4 Å². The Labute approximate surface area is 121 Å². The molecule has 0 radical (unpaired) electrons. The minimum atomic E-state index is -1.01. The van der Waals surface area contributed by atoms with Crippen LogP contribution in [0, 0.1) is 10.1 Å². The van der Waals surface area contributed by atoms with Crippen molar-refractivity contribution in [3.8, 4) is 5.75 Å². The number of non-ortho nitro benzene ring substituents is 1. The highest BCUT2D eigenvalue weighted by molar-refractivity contribution is 5.96. The third-order valence-corrected chi connectivity index (χ3v) is 2.62. The monoisotopic (exact) mass is 296 g/mol. The smallest absolute Gasteiger partial charge is 0.306 e. The number of ether oxygens (including phenoxy) is 2. The molecule has 0 unspecified atom stereocenters. The van der Waals surface area contributed by atoms with Crippen molar-refractivity contribution in [1.82, 2.24) is 0 Å². The second-order valence-corrected chi connectivity index (χ2v) is 4.12. The van der Waals surface area contributed by atoms with Crippen molar-refractivity contribution in [2.24, 2.45) is 0 Å². The van der Waals surface area contributed by atoms with E-state index in [1.54, 1.807) is 6.92 Å². The van der Waals surface area contributed by atoms with Gasteiger partial charge in [0, 0.05) is 18.6 Å². The molecule has 1 amide bonds. The van der Waals surface area contributed by atoms with Gasteiger partial charge >= 0.3 is 5.97 Å². The lowest BCUT2D eigenvalue weighted by molar-refractivity contribution is -0.384. The molecule has 1 rings (SSSR count). The average Bonchev–Trinajstić information content (AvgIpc) is 2.46. The van der Waals surface area contributed by atoms with Gasteiger partial charge in [0.2, 0.25) is 0 Å². The number of nitrogens with zero attached hydrogens (tertiary/aromatic N) is 1. The van der Waals surface area contributed by atoms with E-state index in [9.17, 15) is 19.7 Å². The number of carbonyl (C=O) groups is 2. The number of nitrogens with one attached hydrogen (secondary N) is 1. The van der Waals surface area contributed by atoms with Crippen molar-refractivity contribution < 1.29 is 24.0 Å². The molecule has 0 aliphatic rings. The van der Waals surface area contributed by atoms with Crippen molar-refractivity contribution >= 4 is 23.3 Å². The number of nitro groups is 1.